The maximum absolute atomic E-state index is 13.0. The van der Waals surface area contributed by atoms with Gasteiger partial charge in [0.25, 0.3) is 0 Å². The number of carbonyl (C=O) groups excluding carboxylic acids is 2. The lowest BCUT2D eigenvalue weighted by atomic mass is 9.88. The van der Waals surface area contributed by atoms with Crippen LogP contribution in [-0.4, -0.2) is 40.5 Å². The van der Waals surface area contributed by atoms with Gasteiger partial charge in [0.1, 0.15) is 0 Å². The maximum atomic E-state index is 13.0. The molecule has 160 valence electrons. The van der Waals surface area contributed by atoms with E-state index in [1.807, 2.05) is 67.6 Å². The Morgan fingerprint density at radius 3 is 2.20 bits per heavy atom. The van der Waals surface area contributed by atoms with Crippen LogP contribution in [0.5, 0.6) is 0 Å². The number of aliphatic carboxylic acids is 1. The Kier molecular flexibility index (Phi) is 9.57. The number of benzene rings is 2. The second-order valence-corrected chi connectivity index (χ2v) is 8.21. The van der Waals surface area contributed by atoms with Gasteiger partial charge in [-0.15, -0.1) is 0 Å². The van der Waals surface area contributed by atoms with Crippen LogP contribution in [0.15, 0.2) is 60.7 Å². The minimum atomic E-state index is -1.17. The average molecular weight is 430 g/mol. The van der Waals surface area contributed by atoms with Crippen LogP contribution >= 0.6 is 11.8 Å². The summed E-state index contributed by atoms with van der Waals surface area (Å²) in [6.07, 6.45) is 0. The molecule has 0 heterocycles. The van der Waals surface area contributed by atoms with Crippen molar-refractivity contribution in [3.05, 3.63) is 71.8 Å². The molecule has 0 aromatic heterocycles. The first-order chi connectivity index (χ1) is 14.4. The van der Waals surface area contributed by atoms with Gasteiger partial charge in [-0.2, -0.15) is 0 Å². The van der Waals surface area contributed by atoms with Gasteiger partial charge in [0.15, 0.2) is 11.2 Å². The lowest BCUT2D eigenvalue weighted by Crippen LogP contribution is -2.47. The number of rotatable bonds is 11. The number of ether oxygens (including phenoxy) is 1. The first kappa shape index (κ1) is 23.6. The average Bonchev–Trinajstić information content (AvgIpc) is 2.74. The highest BCUT2D eigenvalue weighted by molar-refractivity contribution is 8.13. The Morgan fingerprint density at radius 1 is 1.03 bits per heavy atom. The molecule has 0 aliphatic rings. The zero-order valence-corrected chi connectivity index (χ0v) is 17.9. The zero-order valence-electron chi connectivity index (χ0n) is 17.1. The molecule has 30 heavy (non-hydrogen) atoms. The lowest BCUT2D eigenvalue weighted by molar-refractivity contribution is -0.144. The molecule has 2 rings (SSSR count). The first-order valence-electron chi connectivity index (χ1n) is 9.71. The number of carboxylic acids is 1. The van der Waals surface area contributed by atoms with Gasteiger partial charge in [-0.25, -0.2) is 4.79 Å². The van der Waals surface area contributed by atoms with Crippen LogP contribution in [0.2, 0.25) is 0 Å². The molecule has 2 aromatic rings. The molecule has 3 unspecified atom stereocenters. The topological polar surface area (TPSA) is 92.7 Å². The summed E-state index contributed by atoms with van der Waals surface area (Å²) in [5.74, 6) is -2.04. The summed E-state index contributed by atoms with van der Waals surface area (Å²) < 4.78 is 5.51. The van der Waals surface area contributed by atoms with Crippen LogP contribution in [0.1, 0.15) is 30.9 Å². The van der Waals surface area contributed by atoms with Crippen molar-refractivity contribution >= 4 is 28.8 Å². The molecular formula is C23H27NO5S. The van der Waals surface area contributed by atoms with Crippen molar-refractivity contribution in [3.63, 3.8) is 0 Å². The highest BCUT2D eigenvalue weighted by Crippen LogP contribution is 2.28. The fraction of sp³-hybridized carbons (Fsp3) is 0.348. The molecule has 1 amide bonds. The van der Waals surface area contributed by atoms with Gasteiger partial charge in [-0.1, -0.05) is 79.3 Å². The van der Waals surface area contributed by atoms with Crippen molar-refractivity contribution in [1.29, 1.82) is 0 Å². The molecule has 2 N–H and O–H groups in total. The third-order valence-corrected chi connectivity index (χ3v) is 5.67. The summed E-state index contributed by atoms with van der Waals surface area (Å²) in [4.78, 5) is 36.1. The summed E-state index contributed by atoms with van der Waals surface area (Å²) in [7, 11) is 0. The van der Waals surface area contributed by atoms with E-state index >= 15 is 0 Å². The summed E-state index contributed by atoms with van der Waals surface area (Å²) in [5, 5.41) is 12.0. The number of carbonyl (C=O) groups is 3. The zero-order chi connectivity index (χ0) is 21.9. The van der Waals surface area contributed by atoms with E-state index in [1.165, 1.54) is 6.92 Å². The maximum Gasteiger partial charge on any atom is 0.328 e. The van der Waals surface area contributed by atoms with Crippen LogP contribution in [-0.2, 0) is 25.7 Å². The highest BCUT2D eigenvalue weighted by atomic mass is 32.2. The minimum Gasteiger partial charge on any atom is -0.480 e. The van der Waals surface area contributed by atoms with Gasteiger partial charge in [0.2, 0.25) is 5.91 Å². The van der Waals surface area contributed by atoms with Gasteiger partial charge < -0.3 is 15.2 Å². The number of carboxylic acid groups (broad SMARTS) is 1. The molecule has 0 saturated heterocycles. The highest BCUT2D eigenvalue weighted by Gasteiger charge is 2.30. The van der Waals surface area contributed by atoms with E-state index in [0.29, 0.717) is 0 Å². The summed E-state index contributed by atoms with van der Waals surface area (Å²) in [6.45, 7) is 3.46. The molecule has 0 saturated carbocycles. The fourth-order valence-electron chi connectivity index (χ4n) is 2.97. The first-order valence-corrected chi connectivity index (χ1v) is 10.7. The molecule has 0 aliphatic heterocycles. The van der Waals surface area contributed by atoms with Gasteiger partial charge in [0, 0.05) is 12.7 Å². The van der Waals surface area contributed by atoms with E-state index < -0.39 is 23.8 Å². The van der Waals surface area contributed by atoms with E-state index in [-0.39, 0.29) is 30.0 Å². The van der Waals surface area contributed by atoms with E-state index in [1.54, 1.807) is 0 Å². The SMILES string of the molecule is CC(=O)SCC(C(=O)NC(COCc1ccccc1)C(=O)O)C(C)c1ccccc1. The number of hydrogen-bond donors (Lipinski definition) is 2. The van der Waals surface area contributed by atoms with Crippen molar-refractivity contribution in [2.75, 3.05) is 12.4 Å². The third kappa shape index (κ3) is 7.65. The van der Waals surface area contributed by atoms with Crippen molar-refractivity contribution < 1.29 is 24.2 Å². The summed E-state index contributed by atoms with van der Waals surface area (Å²) >= 11 is 1.06. The Morgan fingerprint density at radius 2 is 1.63 bits per heavy atom. The van der Waals surface area contributed by atoms with Crippen LogP contribution in [0.25, 0.3) is 0 Å². The van der Waals surface area contributed by atoms with E-state index in [9.17, 15) is 19.5 Å². The molecular weight excluding hydrogens is 402 g/mol. The minimum absolute atomic E-state index is 0.0889. The number of thioether (sulfide) groups is 1. The van der Waals surface area contributed by atoms with Crippen LogP contribution in [0, 0.1) is 5.92 Å². The summed E-state index contributed by atoms with van der Waals surface area (Å²) in [6, 6.07) is 17.7. The Balaban J connectivity index is 2.04. The predicted octanol–water partition coefficient (Wildman–Crippen LogP) is 3.47. The molecule has 7 heteroatoms. The molecule has 0 spiro atoms. The molecule has 6 nitrogen and oxygen atoms in total. The van der Waals surface area contributed by atoms with Gasteiger partial charge >= 0.3 is 5.97 Å². The second-order valence-electron chi connectivity index (χ2n) is 7.01. The van der Waals surface area contributed by atoms with Crippen molar-refractivity contribution in [1.82, 2.24) is 5.32 Å². The quantitative estimate of drug-likeness (QED) is 0.568. The largest absolute Gasteiger partial charge is 0.480 e. The van der Waals surface area contributed by atoms with Crippen LogP contribution in [0.3, 0.4) is 0 Å². The van der Waals surface area contributed by atoms with Crippen molar-refractivity contribution in [3.8, 4) is 0 Å². The fourth-order valence-corrected chi connectivity index (χ4v) is 3.82. The second kappa shape index (κ2) is 12.1. The van der Waals surface area contributed by atoms with Gasteiger partial charge in [-0.05, 0) is 17.0 Å². The van der Waals surface area contributed by atoms with E-state index in [4.69, 9.17) is 4.74 Å². The third-order valence-electron chi connectivity index (χ3n) is 4.74. The standard InChI is InChI=1S/C23H27NO5S/c1-16(19-11-7-4-8-12-19)20(15-30-17(2)25)22(26)24-21(23(27)28)14-29-13-18-9-5-3-6-10-18/h3-12,16,20-21H,13-15H2,1-2H3,(H,24,26)(H,27,28). The van der Waals surface area contributed by atoms with Crippen molar-refractivity contribution in [2.24, 2.45) is 5.92 Å². The molecule has 2 aromatic carbocycles. The van der Waals surface area contributed by atoms with E-state index in [2.05, 4.69) is 5.32 Å². The lowest BCUT2D eigenvalue weighted by Gasteiger charge is -2.25. The smallest absolute Gasteiger partial charge is 0.328 e. The molecule has 0 radical (unpaired) electrons. The molecule has 0 fully saturated rings. The predicted molar refractivity (Wildman–Crippen MR) is 117 cm³/mol. The number of hydrogen-bond acceptors (Lipinski definition) is 5. The molecule has 3 atom stereocenters. The monoisotopic (exact) mass is 429 g/mol. The van der Waals surface area contributed by atoms with Crippen molar-refractivity contribution in [2.45, 2.75) is 32.4 Å². The van der Waals surface area contributed by atoms with Crippen LogP contribution < -0.4 is 5.32 Å². The Bertz CT molecular complexity index is 828. The number of amides is 1. The van der Waals surface area contributed by atoms with E-state index in [0.717, 1.165) is 22.9 Å². The van der Waals surface area contributed by atoms with Crippen LogP contribution in [0.4, 0.5) is 0 Å². The number of nitrogens with one attached hydrogen (secondary N) is 1. The summed E-state index contributed by atoms with van der Waals surface area (Å²) in [5.41, 5.74) is 1.87. The Hall–Kier alpha value is -2.64. The Labute approximate surface area is 181 Å². The normalized spacial score (nSPS) is 13.8. The van der Waals surface area contributed by atoms with Gasteiger partial charge in [0.05, 0.1) is 19.1 Å². The molecule has 0 aliphatic carbocycles. The van der Waals surface area contributed by atoms with Gasteiger partial charge in [-0.3, -0.25) is 9.59 Å². The molecule has 0 bridgehead atoms.